The Hall–Kier alpha value is -1.39. The molecule has 0 bridgehead atoms. The molecule has 4 nitrogen and oxygen atoms in total. The summed E-state index contributed by atoms with van der Waals surface area (Å²) in [6, 6.07) is 6.51. The molecule has 4 heteroatoms. The smallest absolute Gasteiger partial charge is 0.181 e. The van der Waals surface area contributed by atoms with Gasteiger partial charge in [0.05, 0.1) is 0 Å². The first kappa shape index (κ1) is 14.0. The van der Waals surface area contributed by atoms with E-state index in [9.17, 15) is 0 Å². The number of hydrogen-bond donors (Lipinski definition) is 1. The van der Waals surface area contributed by atoms with Crippen molar-refractivity contribution < 1.29 is 4.42 Å². The molecule has 2 unspecified atom stereocenters. The molecule has 2 rings (SSSR count). The van der Waals surface area contributed by atoms with E-state index >= 15 is 0 Å². The monoisotopic (exact) mass is 261 g/mol. The van der Waals surface area contributed by atoms with Crippen LogP contribution in [0, 0.1) is 11.8 Å². The van der Waals surface area contributed by atoms with Gasteiger partial charge in [0.25, 0.3) is 0 Å². The molecule has 0 spiro atoms. The number of hydrogen-bond acceptors (Lipinski definition) is 4. The van der Waals surface area contributed by atoms with E-state index in [0.717, 1.165) is 11.1 Å². The molecule has 0 aliphatic rings. The Morgan fingerprint density at radius 3 is 2.63 bits per heavy atom. The van der Waals surface area contributed by atoms with Gasteiger partial charge in [0.1, 0.15) is 5.52 Å². The molecule has 2 aromatic rings. The van der Waals surface area contributed by atoms with Crippen molar-refractivity contribution in [3.05, 3.63) is 30.2 Å². The van der Waals surface area contributed by atoms with E-state index in [2.05, 4.69) is 50.0 Å². The maximum atomic E-state index is 5.98. The van der Waals surface area contributed by atoms with Crippen LogP contribution in [0.15, 0.2) is 29.0 Å². The van der Waals surface area contributed by atoms with Gasteiger partial charge in [-0.05, 0) is 50.2 Å². The van der Waals surface area contributed by atoms with E-state index in [1.54, 1.807) is 0 Å². The predicted molar refractivity (Wildman–Crippen MR) is 77.8 cm³/mol. The quantitative estimate of drug-likeness (QED) is 0.899. The minimum atomic E-state index is 0.291. The van der Waals surface area contributed by atoms with Crippen LogP contribution in [0.3, 0.4) is 0 Å². The molecule has 0 fully saturated rings. The largest absolute Gasteiger partial charge is 0.443 e. The lowest BCUT2D eigenvalue weighted by atomic mass is 9.84. The molecule has 104 valence electrons. The zero-order valence-electron chi connectivity index (χ0n) is 12.1. The van der Waals surface area contributed by atoms with Gasteiger partial charge in [-0.2, -0.15) is 0 Å². The van der Waals surface area contributed by atoms with Gasteiger partial charge in [0.2, 0.25) is 0 Å². The van der Waals surface area contributed by atoms with Crippen molar-refractivity contribution in [2.75, 3.05) is 20.6 Å². The summed E-state index contributed by atoms with van der Waals surface area (Å²) in [7, 11) is 4.20. The number of oxazole rings is 1. The molecule has 0 saturated carbocycles. The Kier molecular flexibility index (Phi) is 4.22. The Morgan fingerprint density at radius 2 is 2.05 bits per heavy atom. The number of fused-ring (bicyclic) bond motifs is 1. The summed E-state index contributed by atoms with van der Waals surface area (Å²) in [5.74, 6) is 0.943. The molecule has 0 amide bonds. The second kappa shape index (κ2) is 5.72. The van der Waals surface area contributed by atoms with Crippen LogP contribution in [0.4, 0.5) is 0 Å². The van der Waals surface area contributed by atoms with Crippen molar-refractivity contribution in [1.82, 2.24) is 9.88 Å². The first-order chi connectivity index (χ1) is 9.04. The van der Waals surface area contributed by atoms with E-state index in [4.69, 9.17) is 10.2 Å². The lowest BCUT2D eigenvalue weighted by molar-refractivity contribution is 0.175. The Bertz CT molecular complexity index is 533. The summed E-state index contributed by atoms with van der Waals surface area (Å²) in [4.78, 5) is 6.39. The van der Waals surface area contributed by atoms with Gasteiger partial charge in [-0.25, -0.2) is 4.98 Å². The molecular weight excluding hydrogens is 238 g/mol. The maximum absolute atomic E-state index is 5.98. The summed E-state index contributed by atoms with van der Waals surface area (Å²) < 4.78 is 5.40. The zero-order valence-corrected chi connectivity index (χ0v) is 12.1. The van der Waals surface area contributed by atoms with Gasteiger partial charge < -0.3 is 15.1 Å². The predicted octanol–water partition coefficient (Wildman–Crippen LogP) is 2.66. The van der Waals surface area contributed by atoms with Crippen molar-refractivity contribution in [2.45, 2.75) is 19.9 Å². The lowest BCUT2D eigenvalue weighted by Gasteiger charge is -2.34. The minimum absolute atomic E-state index is 0.291. The summed E-state index contributed by atoms with van der Waals surface area (Å²) in [6.07, 6.45) is 1.49. The van der Waals surface area contributed by atoms with Crippen LogP contribution in [-0.4, -0.2) is 30.5 Å². The molecule has 0 saturated heterocycles. The van der Waals surface area contributed by atoms with Gasteiger partial charge in [-0.3, -0.25) is 0 Å². The summed E-state index contributed by atoms with van der Waals surface area (Å²) in [6.45, 7) is 5.12. The van der Waals surface area contributed by atoms with Crippen molar-refractivity contribution in [3.8, 4) is 0 Å². The molecule has 0 aliphatic heterocycles. The second-order valence-corrected chi connectivity index (χ2v) is 5.63. The van der Waals surface area contributed by atoms with Crippen molar-refractivity contribution in [2.24, 2.45) is 17.6 Å². The summed E-state index contributed by atoms with van der Waals surface area (Å²) in [5.41, 5.74) is 8.95. The van der Waals surface area contributed by atoms with Crippen molar-refractivity contribution in [3.63, 3.8) is 0 Å². The molecule has 2 N–H and O–H groups in total. The third-order valence-electron chi connectivity index (χ3n) is 3.79. The van der Waals surface area contributed by atoms with Crippen LogP contribution in [0.2, 0.25) is 0 Å². The van der Waals surface area contributed by atoms with E-state index in [1.165, 1.54) is 12.0 Å². The molecule has 1 aromatic carbocycles. The third kappa shape index (κ3) is 2.80. The number of rotatable bonds is 5. The summed E-state index contributed by atoms with van der Waals surface area (Å²) >= 11 is 0. The highest BCUT2D eigenvalue weighted by Crippen LogP contribution is 2.32. The molecule has 1 heterocycles. The van der Waals surface area contributed by atoms with Crippen LogP contribution in [-0.2, 0) is 0 Å². The number of nitrogens with zero attached hydrogens (tertiary/aromatic N) is 2. The van der Waals surface area contributed by atoms with Crippen LogP contribution >= 0.6 is 0 Å². The van der Waals surface area contributed by atoms with Gasteiger partial charge in [-0.1, -0.05) is 19.9 Å². The van der Waals surface area contributed by atoms with Gasteiger partial charge in [0.15, 0.2) is 12.0 Å². The van der Waals surface area contributed by atoms with E-state index in [0.29, 0.717) is 24.4 Å². The first-order valence-electron chi connectivity index (χ1n) is 6.74. The fourth-order valence-corrected chi connectivity index (χ4v) is 2.75. The fourth-order valence-electron chi connectivity index (χ4n) is 2.75. The number of aromatic nitrogens is 1. The number of benzene rings is 1. The molecule has 0 aliphatic carbocycles. The SMILES string of the molecule is CC(C)C(CN)C(c1ccc2ncoc2c1)N(C)C. The van der Waals surface area contributed by atoms with E-state index < -0.39 is 0 Å². The molecule has 0 radical (unpaired) electrons. The van der Waals surface area contributed by atoms with E-state index in [-0.39, 0.29) is 0 Å². The van der Waals surface area contributed by atoms with Crippen LogP contribution in [0.25, 0.3) is 11.1 Å². The highest BCUT2D eigenvalue weighted by Gasteiger charge is 2.27. The van der Waals surface area contributed by atoms with Crippen LogP contribution in [0.5, 0.6) is 0 Å². The average molecular weight is 261 g/mol. The van der Waals surface area contributed by atoms with Crippen molar-refractivity contribution >= 4 is 11.1 Å². The molecule has 1 aromatic heterocycles. The third-order valence-corrected chi connectivity index (χ3v) is 3.79. The zero-order chi connectivity index (χ0) is 14.0. The van der Waals surface area contributed by atoms with Crippen molar-refractivity contribution in [1.29, 1.82) is 0 Å². The van der Waals surface area contributed by atoms with Gasteiger partial charge in [0, 0.05) is 6.04 Å². The Labute approximate surface area is 114 Å². The number of nitrogens with two attached hydrogens (primary N) is 1. The minimum Gasteiger partial charge on any atom is -0.443 e. The molecule has 2 atom stereocenters. The van der Waals surface area contributed by atoms with E-state index in [1.807, 2.05) is 6.07 Å². The highest BCUT2D eigenvalue weighted by atomic mass is 16.3. The Balaban J connectivity index is 2.42. The molecule has 19 heavy (non-hydrogen) atoms. The second-order valence-electron chi connectivity index (χ2n) is 5.63. The van der Waals surface area contributed by atoms with Crippen LogP contribution in [0.1, 0.15) is 25.5 Å². The summed E-state index contributed by atoms with van der Waals surface area (Å²) in [5, 5.41) is 0. The average Bonchev–Trinajstić information content (AvgIpc) is 2.81. The standard InChI is InChI=1S/C15H23N3O/c1-10(2)12(8-16)15(18(3)4)11-5-6-13-14(7-11)19-9-17-13/h5-7,9-10,12,15H,8,16H2,1-4H3. The first-order valence-corrected chi connectivity index (χ1v) is 6.74. The fraction of sp³-hybridized carbons (Fsp3) is 0.533. The molecular formula is C15H23N3O. The van der Waals surface area contributed by atoms with Crippen LogP contribution < -0.4 is 5.73 Å². The van der Waals surface area contributed by atoms with Gasteiger partial charge in [-0.15, -0.1) is 0 Å². The Morgan fingerprint density at radius 1 is 1.32 bits per heavy atom. The lowest BCUT2D eigenvalue weighted by Crippen LogP contribution is -2.35. The highest BCUT2D eigenvalue weighted by molar-refractivity contribution is 5.72. The van der Waals surface area contributed by atoms with Gasteiger partial charge >= 0.3 is 0 Å². The maximum Gasteiger partial charge on any atom is 0.181 e. The topological polar surface area (TPSA) is 55.3 Å². The normalized spacial score (nSPS) is 15.3.